The van der Waals surface area contributed by atoms with Crippen LogP contribution in [0, 0.1) is 11.6 Å². The largest absolute Gasteiger partial charge is 0.325 e. The third-order valence-electron chi connectivity index (χ3n) is 3.49. The monoisotopic (exact) mass is 415 g/mol. The van der Waals surface area contributed by atoms with Crippen LogP contribution in [-0.2, 0) is 4.79 Å². The van der Waals surface area contributed by atoms with E-state index in [4.69, 9.17) is 0 Å². The van der Waals surface area contributed by atoms with Crippen molar-refractivity contribution < 1.29 is 18.4 Å². The van der Waals surface area contributed by atoms with E-state index in [0.29, 0.717) is 11.0 Å². The van der Waals surface area contributed by atoms with Crippen molar-refractivity contribution in [2.24, 2.45) is 0 Å². The van der Waals surface area contributed by atoms with Crippen molar-refractivity contribution in [3.63, 3.8) is 0 Å². The Labute approximate surface area is 168 Å². The average Bonchev–Trinajstić information content (AvgIpc) is 3.16. The molecule has 7 nitrogen and oxygen atoms in total. The molecule has 3 N–H and O–H groups in total. The number of urea groups is 1. The standard InChI is InChI=1S/C19H15F2N5O2S/c20-13-8-5-12(6-9-13)7-10-16-23-19(26-25-16)29-11-17(27)24-18(28)22-15-4-2-1-3-14(15)21/h1-10H,11H2,(H,23,25,26)(H2,22,24,27,28)/b10-7+. The van der Waals surface area contributed by atoms with Crippen molar-refractivity contribution in [1.82, 2.24) is 20.5 Å². The quantitative estimate of drug-likeness (QED) is 0.533. The van der Waals surface area contributed by atoms with E-state index in [-0.39, 0.29) is 17.3 Å². The molecule has 148 valence electrons. The molecule has 0 saturated heterocycles. The van der Waals surface area contributed by atoms with Crippen LogP contribution < -0.4 is 10.6 Å². The molecule has 3 aromatic rings. The van der Waals surface area contributed by atoms with Crippen LogP contribution in [0.25, 0.3) is 12.2 Å². The maximum absolute atomic E-state index is 13.5. The molecule has 1 heterocycles. The van der Waals surface area contributed by atoms with Crippen LogP contribution in [0.1, 0.15) is 11.4 Å². The fraction of sp³-hybridized carbons (Fsp3) is 0.0526. The summed E-state index contributed by atoms with van der Waals surface area (Å²) < 4.78 is 26.4. The minimum absolute atomic E-state index is 0.0306. The van der Waals surface area contributed by atoms with Gasteiger partial charge in [-0.2, -0.15) is 0 Å². The minimum Gasteiger partial charge on any atom is -0.305 e. The van der Waals surface area contributed by atoms with E-state index in [2.05, 4.69) is 25.8 Å². The van der Waals surface area contributed by atoms with Crippen LogP contribution >= 0.6 is 11.8 Å². The molecule has 0 fully saturated rings. The van der Waals surface area contributed by atoms with Crippen LogP contribution in [0.3, 0.4) is 0 Å². The van der Waals surface area contributed by atoms with E-state index < -0.39 is 17.8 Å². The van der Waals surface area contributed by atoms with Gasteiger partial charge in [0.25, 0.3) is 0 Å². The topological polar surface area (TPSA) is 99.8 Å². The number of hydrogen-bond donors (Lipinski definition) is 3. The maximum Gasteiger partial charge on any atom is 0.325 e. The number of nitrogens with one attached hydrogen (secondary N) is 3. The number of imide groups is 1. The van der Waals surface area contributed by atoms with Crippen molar-refractivity contribution >= 4 is 41.5 Å². The van der Waals surface area contributed by atoms with Crippen molar-refractivity contribution in [2.75, 3.05) is 11.1 Å². The molecule has 2 aromatic carbocycles. The number of para-hydroxylation sites is 1. The summed E-state index contributed by atoms with van der Waals surface area (Å²) >= 11 is 1.02. The molecule has 1 aromatic heterocycles. The Hall–Kier alpha value is -3.53. The van der Waals surface area contributed by atoms with Crippen molar-refractivity contribution in [3.05, 3.63) is 71.6 Å². The predicted octanol–water partition coefficient (Wildman–Crippen LogP) is 3.69. The third-order valence-corrected chi connectivity index (χ3v) is 4.34. The number of hydrogen-bond acceptors (Lipinski definition) is 5. The highest BCUT2D eigenvalue weighted by Crippen LogP contribution is 2.14. The number of halogens is 2. The molecule has 0 aliphatic carbocycles. The van der Waals surface area contributed by atoms with Gasteiger partial charge in [-0.25, -0.2) is 18.6 Å². The molecule has 0 unspecified atom stereocenters. The summed E-state index contributed by atoms with van der Waals surface area (Å²) in [5.74, 6) is -1.16. The van der Waals surface area contributed by atoms with Gasteiger partial charge in [0.05, 0.1) is 11.4 Å². The lowest BCUT2D eigenvalue weighted by Gasteiger charge is -2.06. The van der Waals surface area contributed by atoms with E-state index >= 15 is 0 Å². The highest BCUT2D eigenvalue weighted by atomic mass is 32.2. The number of anilines is 1. The zero-order chi connectivity index (χ0) is 20.6. The molecule has 0 spiro atoms. The van der Waals surface area contributed by atoms with Gasteiger partial charge in [0.2, 0.25) is 11.1 Å². The van der Waals surface area contributed by atoms with Crippen LogP contribution in [0.15, 0.2) is 53.7 Å². The fourth-order valence-corrected chi connectivity index (χ4v) is 2.76. The van der Waals surface area contributed by atoms with Crippen LogP contribution in [0.5, 0.6) is 0 Å². The molecule has 0 bridgehead atoms. The first kappa shape index (κ1) is 20.2. The fourth-order valence-electron chi connectivity index (χ4n) is 2.16. The van der Waals surface area contributed by atoms with Gasteiger partial charge in [-0.15, -0.1) is 5.10 Å². The van der Waals surface area contributed by atoms with Gasteiger partial charge < -0.3 is 5.32 Å². The van der Waals surface area contributed by atoms with Crippen LogP contribution in [0.4, 0.5) is 19.3 Å². The Morgan fingerprint density at radius 1 is 1.07 bits per heavy atom. The highest BCUT2D eigenvalue weighted by molar-refractivity contribution is 7.99. The Kier molecular flexibility index (Phi) is 6.69. The van der Waals surface area contributed by atoms with Gasteiger partial charge >= 0.3 is 6.03 Å². The first-order valence-corrected chi connectivity index (χ1v) is 9.32. The van der Waals surface area contributed by atoms with Gasteiger partial charge in [0.15, 0.2) is 0 Å². The Balaban J connectivity index is 1.46. The number of carbonyl (C=O) groups is 2. The van der Waals surface area contributed by atoms with Gasteiger partial charge in [0.1, 0.15) is 17.5 Å². The third kappa shape index (κ3) is 6.25. The lowest BCUT2D eigenvalue weighted by molar-refractivity contribution is -0.117. The van der Waals surface area contributed by atoms with Crippen molar-refractivity contribution in [2.45, 2.75) is 5.16 Å². The molecular weight excluding hydrogens is 400 g/mol. The zero-order valence-electron chi connectivity index (χ0n) is 14.9. The summed E-state index contributed by atoms with van der Waals surface area (Å²) in [5.41, 5.74) is 0.759. The highest BCUT2D eigenvalue weighted by Gasteiger charge is 2.12. The van der Waals surface area contributed by atoms with E-state index in [1.165, 1.54) is 30.3 Å². The number of benzene rings is 2. The molecule has 0 aliphatic rings. The normalized spacial score (nSPS) is 10.8. The number of rotatable bonds is 6. The first-order chi connectivity index (χ1) is 14.0. The molecule has 0 saturated carbocycles. The lowest BCUT2D eigenvalue weighted by Crippen LogP contribution is -2.35. The van der Waals surface area contributed by atoms with Crippen molar-refractivity contribution in [3.8, 4) is 0 Å². The lowest BCUT2D eigenvalue weighted by atomic mass is 10.2. The first-order valence-electron chi connectivity index (χ1n) is 8.34. The number of carbonyl (C=O) groups excluding carboxylic acids is 2. The van der Waals surface area contributed by atoms with E-state index in [1.807, 2.05) is 0 Å². The zero-order valence-corrected chi connectivity index (χ0v) is 15.7. The van der Waals surface area contributed by atoms with E-state index in [0.717, 1.165) is 17.3 Å². The molecule has 10 heteroatoms. The Morgan fingerprint density at radius 2 is 1.83 bits per heavy atom. The Bertz CT molecular complexity index is 1040. The summed E-state index contributed by atoms with van der Waals surface area (Å²) in [4.78, 5) is 27.8. The molecule has 0 radical (unpaired) electrons. The summed E-state index contributed by atoms with van der Waals surface area (Å²) in [6, 6.07) is 10.7. The predicted molar refractivity (Wildman–Crippen MR) is 106 cm³/mol. The molecule has 0 atom stereocenters. The van der Waals surface area contributed by atoms with E-state index in [9.17, 15) is 18.4 Å². The second kappa shape index (κ2) is 9.60. The Morgan fingerprint density at radius 3 is 2.59 bits per heavy atom. The van der Waals surface area contributed by atoms with Gasteiger partial charge in [-0.05, 0) is 35.9 Å². The summed E-state index contributed by atoms with van der Waals surface area (Å²) in [5, 5.41) is 11.3. The van der Waals surface area contributed by atoms with Crippen molar-refractivity contribution in [1.29, 1.82) is 0 Å². The second-order valence-electron chi connectivity index (χ2n) is 5.66. The smallest absolute Gasteiger partial charge is 0.305 e. The summed E-state index contributed by atoms with van der Waals surface area (Å²) in [7, 11) is 0. The SMILES string of the molecule is O=C(CSc1n[nH]c(/C=C/c2ccc(F)cc2)n1)NC(=O)Nc1ccccc1F. The van der Waals surface area contributed by atoms with Gasteiger partial charge in [-0.3, -0.25) is 15.2 Å². The number of aromatic amines is 1. The molecule has 29 heavy (non-hydrogen) atoms. The molecule has 3 rings (SSSR count). The van der Waals surface area contributed by atoms with Crippen LogP contribution in [0.2, 0.25) is 0 Å². The van der Waals surface area contributed by atoms with E-state index in [1.54, 1.807) is 30.4 Å². The van der Waals surface area contributed by atoms with Crippen LogP contribution in [-0.4, -0.2) is 32.9 Å². The number of aromatic nitrogens is 3. The molecular formula is C19H15F2N5O2S. The minimum atomic E-state index is -0.835. The molecule has 3 amide bonds. The number of nitrogens with zero attached hydrogens (tertiary/aromatic N) is 2. The summed E-state index contributed by atoms with van der Waals surface area (Å²) in [6.45, 7) is 0. The number of amides is 3. The number of H-pyrrole nitrogens is 1. The average molecular weight is 415 g/mol. The molecule has 0 aliphatic heterocycles. The maximum atomic E-state index is 13.5. The number of thioether (sulfide) groups is 1. The van der Waals surface area contributed by atoms with Gasteiger partial charge in [-0.1, -0.05) is 42.1 Å². The second-order valence-corrected chi connectivity index (χ2v) is 6.60. The van der Waals surface area contributed by atoms with Gasteiger partial charge in [0, 0.05) is 0 Å². The summed E-state index contributed by atoms with van der Waals surface area (Å²) in [6.07, 6.45) is 3.39.